The molecule has 0 bridgehead atoms. The predicted molar refractivity (Wildman–Crippen MR) is 59.2 cm³/mol. The number of hydrogen-bond donors (Lipinski definition) is 0. The third-order valence-corrected chi connectivity index (χ3v) is 3.08. The smallest absolute Gasteiger partial charge is 0.101 e. The van der Waals surface area contributed by atoms with Crippen molar-refractivity contribution in [1.29, 1.82) is 5.26 Å². The molecule has 1 nitrogen and oxygen atoms in total. The zero-order valence-corrected chi connectivity index (χ0v) is 10.7. The highest BCUT2D eigenvalue weighted by Crippen LogP contribution is 2.26. The van der Waals surface area contributed by atoms with E-state index in [1.807, 2.05) is 12.1 Å². The van der Waals surface area contributed by atoms with Crippen LogP contribution in [0.1, 0.15) is 11.1 Å². The lowest BCUT2D eigenvalue weighted by molar-refractivity contribution is 1.34. The minimum atomic E-state index is 0.688. The van der Waals surface area contributed by atoms with Crippen molar-refractivity contribution in [2.24, 2.45) is 0 Å². The molecular weight excluding hydrogens is 350 g/mol. The highest BCUT2D eigenvalue weighted by atomic mass is 79.9. The number of benzene rings is 1. The van der Waals surface area contributed by atoms with E-state index in [1.54, 1.807) is 0 Å². The SMILES string of the molecule is N#Cc1c(Br)cc(Br)cc1CBr. The first-order chi connectivity index (χ1) is 5.69. The van der Waals surface area contributed by atoms with Crippen LogP contribution in [0.5, 0.6) is 0 Å². The van der Waals surface area contributed by atoms with E-state index in [0.717, 1.165) is 14.5 Å². The average Bonchev–Trinajstić information content (AvgIpc) is 2.03. The zero-order chi connectivity index (χ0) is 9.14. The minimum absolute atomic E-state index is 0.688. The van der Waals surface area contributed by atoms with Crippen molar-refractivity contribution < 1.29 is 0 Å². The topological polar surface area (TPSA) is 23.8 Å². The van der Waals surface area contributed by atoms with E-state index in [4.69, 9.17) is 5.26 Å². The molecule has 0 heterocycles. The summed E-state index contributed by atoms with van der Waals surface area (Å²) >= 11 is 10.0. The van der Waals surface area contributed by atoms with Gasteiger partial charge in [-0.15, -0.1) is 0 Å². The van der Waals surface area contributed by atoms with Crippen LogP contribution >= 0.6 is 47.8 Å². The maximum absolute atomic E-state index is 8.81. The van der Waals surface area contributed by atoms with E-state index in [1.165, 1.54) is 0 Å². The van der Waals surface area contributed by atoms with Crippen LogP contribution in [0.3, 0.4) is 0 Å². The van der Waals surface area contributed by atoms with Gasteiger partial charge in [-0.25, -0.2) is 0 Å². The quantitative estimate of drug-likeness (QED) is 0.701. The lowest BCUT2D eigenvalue weighted by Crippen LogP contribution is -1.87. The molecule has 1 aromatic rings. The highest BCUT2D eigenvalue weighted by molar-refractivity contribution is 9.11. The molecule has 0 radical (unpaired) electrons. The van der Waals surface area contributed by atoms with Crippen LogP contribution in [0.2, 0.25) is 0 Å². The van der Waals surface area contributed by atoms with Gasteiger partial charge in [0.1, 0.15) is 6.07 Å². The largest absolute Gasteiger partial charge is 0.192 e. The molecule has 0 atom stereocenters. The first-order valence-electron chi connectivity index (χ1n) is 3.13. The van der Waals surface area contributed by atoms with Gasteiger partial charge >= 0.3 is 0 Å². The molecule has 1 aromatic carbocycles. The predicted octanol–water partition coefficient (Wildman–Crippen LogP) is 3.98. The van der Waals surface area contributed by atoms with Crippen LogP contribution in [-0.4, -0.2) is 0 Å². The maximum Gasteiger partial charge on any atom is 0.101 e. The van der Waals surface area contributed by atoms with E-state index < -0.39 is 0 Å². The van der Waals surface area contributed by atoms with Gasteiger partial charge in [0.05, 0.1) is 5.56 Å². The number of halogens is 3. The molecular formula is C8H4Br3N. The van der Waals surface area contributed by atoms with Gasteiger partial charge in [0, 0.05) is 14.3 Å². The number of alkyl halides is 1. The van der Waals surface area contributed by atoms with E-state index in [2.05, 4.69) is 53.9 Å². The third kappa shape index (κ3) is 2.09. The van der Waals surface area contributed by atoms with E-state index >= 15 is 0 Å². The molecule has 1 rings (SSSR count). The van der Waals surface area contributed by atoms with Crippen molar-refractivity contribution in [3.63, 3.8) is 0 Å². The molecule has 0 fully saturated rings. The highest BCUT2D eigenvalue weighted by Gasteiger charge is 2.06. The Morgan fingerprint density at radius 3 is 2.50 bits per heavy atom. The number of rotatable bonds is 1. The van der Waals surface area contributed by atoms with Crippen molar-refractivity contribution in [1.82, 2.24) is 0 Å². The van der Waals surface area contributed by atoms with Crippen LogP contribution in [0.4, 0.5) is 0 Å². The number of hydrogen-bond acceptors (Lipinski definition) is 1. The van der Waals surface area contributed by atoms with Gasteiger partial charge in [-0.1, -0.05) is 31.9 Å². The molecule has 4 heteroatoms. The Bertz CT molecular complexity index is 341. The third-order valence-electron chi connectivity index (χ3n) is 1.39. The van der Waals surface area contributed by atoms with Gasteiger partial charge in [-0.3, -0.25) is 0 Å². The van der Waals surface area contributed by atoms with Crippen molar-refractivity contribution in [3.8, 4) is 6.07 Å². The van der Waals surface area contributed by atoms with E-state index in [0.29, 0.717) is 10.9 Å². The Labute approximate surface area is 96.2 Å². The number of nitrogens with zero attached hydrogens (tertiary/aromatic N) is 1. The standard InChI is InChI=1S/C8H4Br3N/c9-3-5-1-6(10)2-8(11)7(5)4-12/h1-2H,3H2. The van der Waals surface area contributed by atoms with Gasteiger partial charge in [0.15, 0.2) is 0 Å². The average molecular weight is 354 g/mol. The van der Waals surface area contributed by atoms with Gasteiger partial charge in [0.25, 0.3) is 0 Å². The first kappa shape index (κ1) is 10.2. The zero-order valence-electron chi connectivity index (χ0n) is 5.94. The molecule has 0 aliphatic rings. The van der Waals surface area contributed by atoms with Crippen molar-refractivity contribution in [2.45, 2.75) is 5.33 Å². The summed E-state index contributed by atoms with van der Waals surface area (Å²) in [4.78, 5) is 0. The molecule has 0 aliphatic heterocycles. The fourth-order valence-electron chi connectivity index (χ4n) is 0.857. The normalized spacial score (nSPS) is 9.50. The molecule has 0 amide bonds. The fourth-order valence-corrected chi connectivity index (χ4v) is 2.70. The molecule has 12 heavy (non-hydrogen) atoms. The van der Waals surface area contributed by atoms with E-state index in [9.17, 15) is 0 Å². The second-order valence-corrected chi connectivity index (χ2v) is 4.50. The summed E-state index contributed by atoms with van der Waals surface area (Å²) in [7, 11) is 0. The Hall–Kier alpha value is 0.150. The molecule has 62 valence electrons. The Morgan fingerprint density at radius 1 is 1.33 bits per heavy atom. The van der Waals surface area contributed by atoms with Crippen molar-refractivity contribution in [2.75, 3.05) is 0 Å². The summed E-state index contributed by atoms with van der Waals surface area (Å²) in [5, 5.41) is 9.49. The molecule has 0 saturated carbocycles. The summed E-state index contributed by atoms with van der Waals surface area (Å²) in [6.07, 6.45) is 0. The first-order valence-corrected chi connectivity index (χ1v) is 5.83. The van der Waals surface area contributed by atoms with Crippen LogP contribution < -0.4 is 0 Å². The van der Waals surface area contributed by atoms with Crippen molar-refractivity contribution in [3.05, 3.63) is 32.2 Å². The second kappa shape index (κ2) is 4.40. The molecule has 0 saturated heterocycles. The van der Waals surface area contributed by atoms with Crippen molar-refractivity contribution >= 4 is 47.8 Å². The monoisotopic (exact) mass is 351 g/mol. The van der Waals surface area contributed by atoms with Crippen LogP contribution in [0, 0.1) is 11.3 Å². The summed E-state index contributed by atoms with van der Waals surface area (Å²) < 4.78 is 1.80. The molecule has 0 aliphatic carbocycles. The molecule has 0 unspecified atom stereocenters. The summed E-state index contributed by atoms with van der Waals surface area (Å²) in [5.41, 5.74) is 1.67. The van der Waals surface area contributed by atoms with E-state index in [-0.39, 0.29) is 0 Å². The fraction of sp³-hybridized carbons (Fsp3) is 0.125. The van der Waals surface area contributed by atoms with Gasteiger partial charge in [0.2, 0.25) is 0 Å². The van der Waals surface area contributed by atoms with Gasteiger partial charge < -0.3 is 0 Å². The second-order valence-electron chi connectivity index (χ2n) is 2.17. The molecule has 0 aromatic heterocycles. The summed E-state index contributed by atoms with van der Waals surface area (Å²) in [6, 6.07) is 5.94. The minimum Gasteiger partial charge on any atom is -0.192 e. The van der Waals surface area contributed by atoms with Crippen LogP contribution in [-0.2, 0) is 5.33 Å². The summed E-state index contributed by atoms with van der Waals surface area (Å²) in [6.45, 7) is 0. The van der Waals surface area contributed by atoms with Gasteiger partial charge in [-0.2, -0.15) is 5.26 Å². The Balaban J connectivity index is 3.36. The van der Waals surface area contributed by atoms with Crippen LogP contribution in [0.25, 0.3) is 0 Å². The Kier molecular flexibility index (Phi) is 3.76. The molecule has 0 N–H and O–H groups in total. The maximum atomic E-state index is 8.81. The van der Waals surface area contributed by atoms with Gasteiger partial charge in [-0.05, 0) is 33.6 Å². The summed E-state index contributed by atoms with van der Waals surface area (Å²) in [5.74, 6) is 0. The Morgan fingerprint density at radius 2 is 2.00 bits per heavy atom. The van der Waals surface area contributed by atoms with Crippen LogP contribution in [0.15, 0.2) is 21.1 Å². The number of nitriles is 1. The molecule has 0 spiro atoms. The lowest BCUT2D eigenvalue weighted by Gasteiger charge is -2.02. The lowest BCUT2D eigenvalue weighted by atomic mass is 10.1.